The van der Waals surface area contributed by atoms with Crippen LogP contribution in [0.25, 0.3) is 0 Å². The van der Waals surface area contributed by atoms with Crippen LogP contribution in [0.15, 0.2) is 30.3 Å². The molecule has 0 fully saturated rings. The maximum atomic E-state index is 12.4. The Morgan fingerprint density at radius 3 is 2.70 bits per heavy atom. The molecular formula is C21H30ClN3O2. The minimum Gasteiger partial charge on any atom is -0.494 e. The van der Waals surface area contributed by atoms with Crippen molar-refractivity contribution in [1.82, 2.24) is 15.1 Å². The number of halogens is 1. The second-order valence-corrected chi connectivity index (χ2v) is 7.01. The lowest BCUT2D eigenvalue weighted by Crippen LogP contribution is -2.25. The maximum absolute atomic E-state index is 12.4. The summed E-state index contributed by atoms with van der Waals surface area (Å²) in [6, 6.07) is 9.71. The fourth-order valence-corrected chi connectivity index (χ4v) is 3.04. The molecule has 0 saturated heterocycles. The van der Waals surface area contributed by atoms with E-state index in [1.807, 2.05) is 37.3 Å². The van der Waals surface area contributed by atoms with Crippen LogP contribution < -0.4 is 10.1 Å². The molecular weight excluding hydrogens is 362 g/mol. The number of ether oxygens (including phenoxy) is 1. The molecule has 1 aromatic carbocycles. The highest BCUT2D eigenvalue weighted by molar-refractivity contribution is 6.17. The maximum Gasteiger partial charge on any atom is 0.269 e. The summed E-state index contributed by atoms with van der Waals surface area (Å²) in [5.74, 6) is 1.48. The van der Waals surface area contributed by atoms with Crippen LogP contribution in [0.2, 0.25) is 0 Å². The Balaban J connectivity index is 1.76. The van der Waals surface area contributed by atoms with E-state index in [0.717, 1.165) is 48.6 Å². The Bertz CT molecular complexity index is 715. The van der Waals surface area contributed by atoms with E-state index in [1.54, 1.807) is 11.7 Å². The van der Waals surface area contributed by atoms with Crippen LogP contribution in [-0.4, -0.2) is 28.2 Å². The topological polar surface area (TPSA) is 56.1 Å². The Morgan fingerprint density at radius 1 is 1.19 bits per heavy atom. The van der Waals surface area contributed by atoms with Crippen molar-refractivity contribution < 1.29 is 9.53 Å². The number of nitrogens with zero attached hydrogens (tertiary/aromatic N) is 2. The largest absolute Gasteiger partial charge is 0.494 e. The molecule has 0 radical (unpaired) electrons. The zero-order chi connectivity index (χ0) is 19.5. The number of nitrogens with one attached hydrogen (secondary N) is 1. The number of hydrogen-bond donors (Lipinski definition) is 1. The number of aryl methyl sites for hydroxylation is 2. The standard InChI is InChI=1S/C21H30ClN3O2/c1-3-18-15-20(25(2)24-18)21(26)23-16-17-10-9-11-19(14-17)27-13-8-6-4-5-7-12-22/h9-11,14-15H,3-8,12-13,16H2,1-2H3,(H,23,26). The van der Waals surface area contributed by atoms with Crippen LogP contribution in [0.4, 0.5) is 0 Å². The fourth-order valence-electron chi connectivity index (χ4n) is 2.85. The van der Waals surface area contributed by atoms with Crippen LogP contribution in [0.1, 0.15) is 60.8 Å². The highest BCUT2D eigenvalue weighted by Crippen LogP contribution is 2.14. The van der Waals surface area contributed by atoms with Gasteiger partial charge in [0.1, 0.15) is 11.4 Å². The van der Waals surface area contributed by atoms with Gasteiger partial charge in [-0.2, -0.15) is 5.10 Å². The second kappa shape index (κ2) is 11.7. The number of aromatic nitrogens is 2. The van der Waals surface area contributed by atoms with Crippen molar-refractivity contribution in [3.8, 4) is 5.75 Å². The summed E-state index contributed by atoms with van der Waals surface area (Å²) in [6.07, 6.45) is 6.51. The number of carbonyl (C=O) groups is 1. The van der Waals surface area contributed by atoms with Gasteiger partial charge in [0.25, 0.3) is 5.91 Å². The van der Waals surface area contributed by atoms with E-state index in [0.29, 0.717) is 18.8 Å². The molecule has 0 bridgehead atoms. The molecule has 0 saturated carbocycles. The molecule has 0 aliphatic heterocycles. The van der Waals surface area contributed by atoms with Crippen molar-refractivity contribution in [2.45, 2.75) is 52.0 Å². The molecule has 0 aliphatic rings. The number of amides is 1. The van der Waals surface area contributed by atoms with Crippen LogP contribution in [-0.2, 0) is 20.0 Å². The summed E-state index contributed by atoms with van der Waals surface area (Å²) in [6.45, 7) is 3.20. The first kappa shape index (κ1) is 21.3. The summed E-state index contributed by atoms with van der Waals surface area (Å²) in [5, 5.41) is 7.26. The van der Waals surface area contributed by atoms with E-state index < -0.39 is 0 Å². The van der Waals surface area contributed by atoms with Crippen molar-refractivity contribution in [1.29, 1.82) is 0 Å². The Morgan fingerprint density at radius 2 is 1.96 bits per heavy atom. The van der Waals surface area contributed by atoms with Gasteiger partial charge in [0.2, 0.25) is 0 Å². The van der Waals surface area contributed by atoms with Crippen molar-refractivity contribution >= 4 is 17.5 Å². The number of rotatable bonds is 12. The summed E-state index contributed by atoms with van der Waals surface area (Å²) in [5.41, 5.74) is 2.51. The van der Waals surface area contributed by atoms with E-state index in [2.05, 4.69) is 10.4 Å². The molecule has 1 N–H and O–H groups in total. The number of carbonyl (C=O) groups excluding carboxylic acids is 1. The molecule has 1 amide bonds. The molecule has 2 rings (SSSR count). The van der Waals surface area contributed by atoms with Crippen LogP contribution in [0.3, 0.4) is 0 Å². The monoisotopic (exact) mass is 391 g/mol. The van der Waals surface area contributed by atoms with Gasteiger partial charge in [0.05, 0.1) is 12.3 Å². The zero-order valence-corrected chi connectivity index (χ0v) is 17.1. The molecule has 1 heterocycles. The van der Waals surface area contributed by atoms with Gasteiger partial charge in [-0.1, -0.05) is 38.3 Å². The van der Waals surface area contributed by atoms with Crippen molar-refractivity contribution in [2.75, 3.05) is 12.5 Å². The molecule has 0 unspecified atom stereocenters. The molecule has 0 atom stereocenters. The highest BCUT2D eigenvalue weighted by Gasteiger charge is 2.12. The van der Waals surface area contributed by atoms with Crippen LogP contribution in [0.5, 0.6) is 5.75 Å². The first-order chi connectivity index (χ1) is 13.1. The van der Waals surface area contributed by atoms with E-state index in [1.165, 1.54) is 12.8 Å². The second-order valence-electron chi connectivity index (χ2n) is 6.63. The number of unbranched alkanes of at least 4 members (excludes halogenated alkanes) is 4. The smallest absolute Gasteiger partial charge is 0.269 e. The SMILES string of the molecule is CCc1cc(C(=O)NCc2cccc(OCCCCCCCCl)c2)n(C)n1. The number of benzene rings is 1. The van der Waals surface area contributed by atoms with Crippen LogP contribution in [0, 0.1) is 0 Å². The zero-order valence-electron chi connectivity index (χ0n) is 16.3. The number of hydrogen-bond acceptors (Lipinski definition) is 3. The van der Waals surface area contributed by atoms with Gasteiger partial charge in [0.15, 0.2) is 0 Å². The highest BCUT2D eigenvalue weighted by atomic mass is 35.5. The number of alkyl halides is 1. The Hall–Kier alpha value is -2.01. The van der Waals surface area contributed by atoms with Crippen molar-refractivity contribution in [3.05, 3.63) is 47.3 Å². The van der Waals surface area contributed by atoms with Crippen molar-refractivity contribution in [3.63, 3.8) is 0 Å². The van der Waals surface area contributed by atoms with Gasteiger partial charge in [-0.3, -0.25) is 9.48 Å². The van der Waals surface area contributed by atoms with E-state index >= 15 is 0 Å². The van der Waals surface area contributed by atoms with Gasteiger partial charge in [-0.05, 0) is 43.0 Å². The first-order valence-electron chi connectivity index (χ1n) is 9.73. The third kappa shape index (κ3) is 7.25. The molecule has 27 heavy (non-hydrogen) atoms. The summed E-state index contributed by atoms with van der Waals surface area (Å²) in [7, 11) is 1.79. The molecule has 0 spiro atoms. The quantitative estimate of drug-likeness (QED) is 0.428. The molecule has 2 aromatic rings. The molecule has 1 aromatic heterocycles. The van der Waals surface area contributed by atoms with E-state index in [-0.39, 0.29) is 5.91 Å². The average molecular weight is 392 g/mol. The van der Waals surface area contributed by atoms with Gasteiger partial charge in [-0.25, -0.2) is 0 Å². The average Bonchev–Trinajstić information content (AvgIpc) is 3.07. The molecule has 5 nitrogen and oxygen atoms in total. The van der Waals surface area contributed by atoms with Crippen LogP contribution >= 0.6 is 11.6 Å². The van der Waals surface area contributed by atoms with Gasteiger partial charge in [0, 0.05) is 19.5 Å². The normalized spacial score (nSPS) is 10.8. The van der Waals surface area contributed by atoms with E-state index in [4.69, 9.17) is 16.3 Å². The first-order valence-corrected chi connectivity index (χ1v) is 10.3. The third-order valence-corrected chi connectivity index (χ3v) is 4.69. The molecule has 6 heteroatoms. The Kier molecular flexibility index (Phi) is 9.19. The Labute approximate surface area is 167 Å². The lowest BCUT2D eigenvalue weighted by molar-refractivity contribution is 0.0941. The minimum absolute atomic E-state index is 0.118. The summed E-state index contributed by atoms with van der Waals surface area (Å²) >= 11 is 5.68. The minimum atomic E-state index is -0.118. The lowest BCUT2D eigenvalue weighted by atomic mass is 10.1. The predicted molar refractivity (Wildman–Crippen MR) is 109 cm³/mol. The predicted octanol–water partition coefficient (Wildman–Crippen LogP) is 4.48. The third-order valence-electron chi connectivity index (χ3n) is 4.42. The lowest BCUT2D eigenvalue weighted by Gasteiger charge is -2.09. The van der Waals surface area contributed by atoms with Gasteiger partial charge in [-0.15, -0.1) is 11.6 Å². The van der Waals surface area contributed by atoms with E-state index in [9.17, 15) is 4.79 Å². The summed E-state index contributed by atoms with van der Waals surface area (Å²) in [4.78, 5) is 12.4. The molecule has 148 valence electrons. The van der Waals surface area contributed by atoms with Crippen molar-refractivity contribution in [2.24, 2.45) is 7.05 Å². The van der Waals surface area contributed by atoms with Gasteiger partial charge >= 0.3 is 0 Å². The van der Waals surface area contributed by atoms with Gasteiger partial charge < -0.3 is 10.1 Å². The molecule has 0 aliphatic carbocycles. The summed E-state index contributed by atoms with van der Waals surface area (Å²) < 4.78 is 7.45. The fraction of sp³-hybridized carbons (Fsp3) is 0.524.